The smallest absolute Gasteiger partial charge is 0.306 e. The van der Waals surface area contributed by atoms with E-state index in [1.165, 1.54) is 212 Å². The van der Waals surface area contributed by atoms with Crippen LogP contribution in [0.25, 0.3) is 0 Å². The average molecular weight is 1090 g/mol. The minimum Gasteiger partial charge on any atom is -0.462 e. The van der Waals surface area contributed by atoms with Gasteiger partial charge in [-0.15, -0.1) is 0 Å². The number of ether oxygens (including phenoxy) is 3. The van der Waals surface area contributed by atoms with Crippen LogP contribution in [0.4, 0.5) is 0 Å². The molecule has 0 bridgehead atoms. The SMILES string of the molecule is CC/C=C\C/C=C\C/C=C\C/C=C\C/C=C\CCCCCCCC(=O)OC(COC(=O)CCCCCCCCCC)COC(=O)CCCCCCCCCCCCCCCCCCCCCCCCCCCCCCCCC. The molecular weight excluding hydrogens is 961 g/mol. The fourth-order valence-electron chi connectivity index (χ4n) is 10.2. The molecule has 454 valence electrons. The highest BCUT2D eigenvalue weighted by Gasteiger charge is 2.19. The number of carbonyl (C=O) groups is 3. The van der Waals surface area contributed by atoms with Crippen LogP contribution < -0.4 is 0 Å². The number of hydrogen-bond donors (Lipinski definition) is 0. The van der Waals surface area contributed by atoms with Crippen molar-refractivity contribution in [3.63, 3.8) is 0 Å². The van der Waals surface area contributed by atoms with E-state index in [2.05, 4.69) is 81.5 Å². The summed E-state index contributed by atoms with van der Waals surface area (Å²) in [6, 6.07) is 0. The molecule has 1 unspecified atom stereocenters. The maximum absolute atomic E-state index is 12.9. The summed E-state index contributed by atoms with van der Waals surface area (Å²) in [5.41, 5.74) is 0. The zero-order chi connectivity index (χ0) is 56.4. The minimum atomic E-state index is -0.782. The lowest BCUT2D eigenvalue weighted by molar-refractivity contribution is -0.167. The maximum atomic E-state index is 12.9. The minimum absolute atomic E-state index is 0.0783. The normalized spacial score (nSPS) is 12.4. The lowest BCUT2D eigenvalue weighted by Gasteiger charge is -2.18. The lowest BCUT2D eigenvalue weighted by atomic mass is 10.0. The van der Waals surface area contributed by atoms with Crippen LogP contribution in [0.15, 0.2) is 60.8 Å². The van der Waals surface area contributed by atoms with E-state index < -0.39 is 6.10 Å². The van der Waals surface area contributed by atoms with E-state index in [9.17, 15) is 14.4 Å². The predicted molar refractivity (Wildman–Crippen MR) is 339 cm³/mol. The van der Waals surface area contributed by atoms with E-state index in [0.29, 0.717) is 19.3 Å². The van der Waals surface area contributed by atoms with Crippen molar-refractivity contribution >= 4 is 17.9 Å². The Kier molecular flexibility index (Phi) is 64.2. The van der Waals surface area contributed by atoms with Gasteiger partial charge >= 0.3 is 17.9 Å². The molecule has 0 aromatic carbocycles. The summed E-state index contributed by atoms with van der Waals surface area (Å²) in [4.78, 5) is 38.2. The molecular formula is C72H130O6. The quantitative estimate of drug-likeness (QED) is 0.0261. The van der Waals surface area contributed by atoms with Gasteiger partial charge in [-0.05, 0) is 64.2 Å². The zero-order valence-electron chi connectivity index (χ0n) is 52.2. The molecule has 0 heterocycles. The summed E-state index contributed by atoms with van der Waals surface area (Å²) in [7, 11) is 0. The second-order valence-corrected chi connectivity index (χ2v) is 23.1. The molecule has 0 saturated heterocycles. The van der Waals surface area contributed by atoms with Crippen LogP contribution in [-0.2, 0) is 28.6 Å². The highest BCUT2D eigenvalue weighted by atomic mass is 16.6. The highest BCUT2D eigenvalue weighted by molar-refractivity contribution is 5.71. The molecule has 0 spiro atoms. The Morgan fingerprint density at radius 3 is 0.782 bits per heavy atom. The standard InChI is InChI=1S/C72H130O6/c1-4-7-10-13-16-19-21-23-25-27-29-31-32-33-34-35-36-37-38-39-40-42-43-45-47-49-51-53-56-59-62-65-71(74)77-68-69(67-76-70(73)64-61-58-55-18-15-12-9-6-3)78-72(75)66-63-60-57-54-52-50-48-46-44-41-30-28-26-24-22-20-17-14-11-8-5-2/h8,11,17,20,24,26,30,41,46,48,69H,4-7,9-10,12-16,18-19,21-23,25,27-29,31-40,42-45,47,49-68H2,1-3H3/b11-8-,20-17-,26-24-,41-30-,48-46-. The average Bonchev–Trinajstić information content (AvgIpc) is 3.44. The zero-order valence-corrected chi connectivity index (χ0v) is 52.2. The van der Waals surface area contributed by atoms with Gasteiger partial charge in [0, 0.05) is 19.3 Å². The third-order valence-electron chi connectivity index (χ3n) is 15.3. The Bertz CT molecular complexity index is 1390. The second-order valence-electron chi connectivity index (χ2n) is 23.1. The first-order valence-corrected chi connectivity index (χ1v) is 34.3. The molecule has 78 heavy (non-hydrogen) atoms. The van der Waals surface area contributed by atoms with Gasteiger partial charge in [0.05, 0.1) is 0 Å². The number of rotatable bonds is 63. The summed E-state index contributed by atoms with van der Waals surface area (Å²) < 4.78 is 16.9. The van der Waals surface area contributed by atoms with Crippen LogP contribution in [0, 0.1) is 0 Å². The van der Waals surface area contributed by atoms with Crippen molar-refractivity contribution in [3.8, 4) is 0 Å². The Morgan fingerprint density at radius 1 is 0.269 bits per heavy atom. The fourth-order valence-corrected chi connectivity index (χ4v) is 10.2. The van der Waals surface area contributed by atoms with E-state index in [1.54, 1.807) is 0 Å². The molecule has 0 saturated carbocycles. The summed E-state index contributed by atoms with van der Waals surface area (Å²) in [6.07, 6.45) is 85.6. The van der Waals surface area contributed by atoms with Crippen molar-refractivity contribution in [3.05, 3.63) is 60.8 Å². The molecule has 0 N–H and O–H groups in total. The molecule has 0 rings (SSSR count). The Labute approximate surface area is 485 Å². The van der Waals surface area contributed by atoms with Gasteiger partial charge < -0.3 is 14.2 Å². The van der Waals surface area contributed by atoms with Crippen LogP contribution in [0.1, 0.15) is 361 Å². The van der Waals surface area contributed by atoms with Gasteiger partial charge in [-0.25, -0.2) is 0 Å². The molecule has 0 radical (unpaired) electrons. The van der Waals surface area contributed by atoms with Crippen molar-refractivity contribution in [2.45, 2.75) is 367 Å². The van der Waals surface area contributed by atoms with E-state index in [-0.39, 0.29) is 31.1 Å². The highest BCUT2D eigenvalue weighted by Crippen LogP contribution is 2.18. The molecule has 1 atom stereocenters. The van der Waals surface area contributed by atoms with Gasteiger partial charge in [0.2, 0.25) is 0 Å². The monoisotopic (exact) mass is 1090 g/mol. The molecule has 0 amide bonds. The summed E-state index contributed by atoms with van der Waals surface area (Å²) in [6.45, 7) is 6.53. The van der Waals surface area contributed by atoms with Crippen molar-refractivity contribution < 1.29 is 28.6 Å². The number of unbranched alkanes of at least 4 members (excludes halogenated alkanes) is 42. The van der Waals surface area contributed by atoms with Crippen molar-refractivity contribution in [1.29, 1.82) is 0 Å². The second kappa shape index (κ2) is 66.6. The van der Waals surface area contributed by atoms with Gasteiger partial charge in [-0.3, -0.25) is 14.4 Å². The molecule has 0 aliphatic carbocycles. The summed E-state index contributed by atoms with van der Waals surface area (Å²) in [5.74, 6) is -0.884. The predicted octanol–water partition coefficient (Wildman–Crippen LogP) is 23.5. The van der Waals surface area contributed by atoms with Crippen LogP contribution in [0.5, 0.6) is 0 Å². The first kappa shape index (κ1) is 75.1. The third-order valence-corrected chi connectivity index (χ3v) is 15.3. The largest absolute Gasteiger partial charge is 0.462 e. The fraction of sp³-hybridized carbons (Fsp3) is 0.819. The van der Waals surface area contributed by atoms with Crippen LogP contribution in [0.3, 0.4) is 0 Å². The molecule has 0 fully saturated rings. The Morgan fingerprint density at radius 2 is 0.500 bits per heavy atom. The van der Waals surface area contributed by atoms with Crippen molar-refractivity contribution in [2.75, 3.05) is 13.2 Å². The number of carbonyl (C=O) groups excluding carboxylic acids is 3. The first-order chi connectivity index (χ1) is 38.5. The molecule has 6 nitrogen and oxygen atoms in total. The number of esters is 3. The Hall–Kier alpha value is -2.89. The van der Waals surface area contributed by atoms with E-state index in [0.717, 1.165) is 109 Å². The molecule has 0 aliphatic heterocycles. The van der Waals surface area contributed by atoms with Gasteiger partial charge in [0.15, 0.2) is 6.10 Å². The Balaban J connectivity index is 4.07. The van der Waals surface area contributed by atoms with Gasteiger partial charge in [0.25, 0.3) is 0 Å². The lowest BCUT2D eigenvalue weighted by Crippen LogP contribution is -2.30. The molecule has 0 aliphatic rings. The first-order valence-electron chi connectivity index (χ1n) is 34.3. The summed E-state index contributed by atoms with van der Waals surface area (Å²) >= 11 is 0. The molecule has 0 aromatic heterocycles. The topological polar surface area (TPSA) is 78.9 Å². The maximum Gasteiger partial charge on any atom is 0.306 e. The van der Waals surface area contributed by atoms with Crippen LogP contribution in [0.2, 0.25) is 0 Å². The molecule has 6 heteroatoms. The van der Waals surface area contributed by atoms with E-state index in [1.807, 2.05) is 0 Å². The van der Waals surface area contributed by atoms with E-state index in [4.69, 9.17) is 14.2 Å². The van der Waals surface area contributed by atoms with Gasteiger partial charge in [-0.2, -0.15) is 0 Å². The third kappa shape index (κ3) is 63.9. The van der Waals surface area contributed by atoms with Gasteiger partial charge in [-0.1, -0.05) is 338 Å². The molecule has 0 aromatic rings. The summed E-state index contributed by atoms with van der Waals surface area (Å²) in [5, 5.41) is 0. The van der Waals surface area contributed by atoms with Crippen molar-refractivity contribution in [2.24, 2.45) is 0 Å². The van der Waals surface area contributed by atoms with E-state index >= 15 is 0 Å². The number of allylic oxidation sites excluding steroid dienone is 10. The van der Waals surface area contributed by atoms with Crippen LogP contribution >= 0.6 is 0 Å². The van der Waals surface area contributed by atoms with Gasteiger partial charge in [0.1, 0.15) is 13.2 Å². The van der Waals surface area contributed by atoms with Crippen LogP contribution in [-0.4, -0.2) is 37.2 Å². The number of hydrogen-bond acceptors (Lipinski definition) is 6. The van der Waals surface area contributed by atoms with Crippen molar-refractivity contribution in [1.82, 2.24) is 0 Å².